The monoisotopic (exact) mass is 364 g/mol. The molecule has 0 bridgehead atoms. The molecule has 27 heavy (non-hydrogen) atoms. The average molecular weight is 364 g/mol. The van der Waals surface area contributed by atoms with E-state index in [-0.39, 0.29) is 23.8 Å². The SMILES string of the molecule is Cc1nc([C@H]2CCN(Cc3cccc(C#N)c3)C[C@H]2NC(=O)C2CC2)n[nH]1. The molecule has 2 atom stereocenters. The van der Waals surface area contributed by atoms with E-state index in [1.165, 1.54) is 0 Å². The molecule has 2 aliphatic rings. The van der Waals surface area contributed by atoms with Gasteiger partial charge in [0.1, 0.15) is 5.82 Å². The van der Waals surface area contributed by atoms with Crippen LogP contribution in [0.15, 0.2) is 24.3 Å². The first-order valence-corrected chi connectivity index (χ1v) is 9.53. The standard InChI is InChI=1S/C20H24N6O/c1-13-22-19(25-24-13)17-7-8-26(11-15-4-2-3-14(9-15)10-21)12-18(17)23-20(27)16-5-6-16/h2-4,9,16-18H,5-8,11-12H2,1H3,(H,23,27)(H,22,24,25)/t17-,18+/m0/s1. The van der Waals surface area contributed by atoms with Crippen LogP contribution in [0, 0.1) is 24.2 Å². The fourth-order valence-corrected chi connectivity index (χ4v) is 3.79. The van der Waals surface area contributed by atoms with Crippen molar-refractivity contribution in [2.45, 2.75) is 44.7 Å². The van der Waals surface area contributed by atoms with E-state index < -0.39 is 0 Å². The van der Waals surface area contributed by atoms with Crippen molar-refractivity contribution in [3.8, 4) is 6.07 Å². The average Bonchev–Trinajstić information content (AvgIpc) is 3.44. The van der Waals surface area contributed by atoms with E-state index in [0.29, 0.717) is 5.56 Å². The Hall–Kier alpha value is -2.72. The molecule has 1 aliphatic carbocycles. The summed E-state index contributed by atoms with van der Waals surface area (Å²) in [5.41, 5.74) is 1.80. The van der Waals surface area contributed by atoms with Crippen LogP contribution in [0.25, 0.3) is 0 Å². The first-order valence-electron chi connectivity index (χ1n) is 9.53. The second kappa shape index (κ2) is 7.49. The summed E-state index contributed by atoms with van der Waals surface area (Å²) in [7, 11) is 0. The summed E-state index contributed by atoms with van der Waals surface area (Å²) in [6.45, 7) is 4.33. The minimum Gasteiger partial charge on any atom is -0.351 e. The van der Waals surface area contributed by atoms with E-state index in [1.54, 1.807) is 0 Å². The van der Waals surface area contributed by atoms with Crippen LogP contribution in [0.3, 0.4) is 0 Å². The van der Waals surface area contributed by atoms with Crippen LogP contribution >= 0.6 is 0 Å². The smallest absolute Gasteiger partial charge is 0.223 e. The summed E-state index contributed by atoms with van der Waals surface area (Å²) in [6.07, 6.45) is 2.88. The molecule has 4 rings (SSSR count). The topological polar surface area (TPSA) is 97.7 Å². The van der Waals surface area contributed by atoms with Crippen LogP contribution in [-0.2, 0) is 11.3 Å². The third-order valence-corrected chi connectivity index (χ3v) is 5.38. The molecule has 1 aromatic carbocycles. The van der Waals surface area contributed by atoms with Gasteiger partial charge < -0.3 is 5.32 Å². The van der Waals surface area contributed by atoms with E-state index in [2.05, 4.69) is 31.5 Å². The predicted octanol–water partition coefficient (Wildman–Crippen LogP) is 1.87. The molecule has 1 saturated heterocycles. The quantitative estimate of drug-likeness (QED) is 0.844. The lowest BCUT2D eigenvalue weighted by molar-refractivity contribution is -0.123. The van der Waals surface area contributed by atoms with Crippen LogP contribution < -0.4 is 5.32 Å². The van der Waals surface area contributed by atoms with Crippen molar-refractivity contribution in [2.75, 3.05) is 13.1 Å². The maximum atomic E-state index is 12.4. The molecule has 1 aromatic heterocycles. The van der Waals surface area contributed by atoms with Crippen LogP contribution in [0.1, 0.15) is 48.0 Å². The van der Waals surface area contributed by atoms with Crippen molar-refractivity contribution >= 4 is 5.91 Å². The molecular formula is C20H24N6O. The maximum Gasteiger partial charge on any atom is 0.223 e. The molecule has 1 aliphatic heterocycles. The van der Waals surface area contributed by atoms with Crippen molar-refractivity contribution < 1.29 is 4.79 Å². The zero-order chi connectivity index (χ0) is 18.8. The molecule has 1 amide bonds. The number of likely N-dealkylation sites (tertiary alicyclic amines) is 1. The number of nitrogens with one attached hydrogen (secondary N) is 2. The highest BCUT2D eigenvalue weighted by Gasteiger charge is 2.37. The molecule has 2 heterocycles. The summed E-state index contributed by atoms with van der Waals surface area (Å²) < 4.78 is 0. The molecule has 7 heteroatoms. The highest BCUT2D eigenvalue weighted by molar-refractivity contribution is 5.81. The van der Waals surface area contributed by atoms with Gasteiger partial charge in [0.05, 0.1) is 17.7 Å². The number of hydrogen-bond donors (Lipinski definition) is 2. The molecule has 0 spiro atoms. The van der Waals surface area contributed by atoms with E-state index in [4.69, 9.17) is 5.26 Å². The molecule has 1 saturated carbocycles. The van der Waals surface area contributed by atoms with E-state index in [1.807, 2.05) is 31.2 Å². The number of nitrogens with zero attached hydrogens (tertiary/aromatic N) is 4. The number of hydrogen-bond acceptors (Lipinski definition) is 5. The number of H-pyrrole nitrogens is 1. The largest absolute Gasteiger partial charge is 0.351 e. The molecular weight excluding hydrogens is 340 g/mol. The number of carbonyl (C=O) groups is 1. The van der Waals surface area contributed by atoms with Gasteiger partial charge >= 0.3 is 0 Å². The first-order chi connectivity index (χ1) is 13.1. The van der Waals surface area contributed by atoms with Gasteiger partial charge in [0.25, 0.3) is 0 Å². The van der Waals surface area contributed by atoms with Gasteiger partial charge in [-0.25, -0.2) is 4.98 Å². The fraction of sp³-hybridized carbons (Fsp3) is 0.500. The van der Waals surface area contributed by atoms with E-state index in [0.717, 1.165) is 56.1 Å². The lowest BCUT2D eigenvalue weighted by atomic mass is 9.90. The fourth-order valence-electron chi connectivity index (χ4n) is 3.79. The Bertz CT molecular complexity index is 865. The maximum absolute atomic E-state index is 12.4. The van der Waals surface area contributed by atoms with Gasteiger partial charge in [0.2, 0.25) is 5.91 Å². The van der Waals surface area contributed by atoms with Crippen molar-refractivity contribution in [2.24, 2.45) is 5.92 Å². The van der Waals surface area contributed by atoms with E-state index in [9.17, 15) is 4.79 Å². The Morgan fingerprint density at radius 3 is 2.96 bits per heavy atom. The van der Waals surface area contributed by atoms with Gasteiger partial charge in [-0.2, -0.15) is 10.4 Å². The van der Waals surface area contributed by atoms with Crippen molar-refractivity contribution in [3.05, 3.63) is 47.0 Å². The number of aromatic nitrogens is 3. The summed E-state index contributed by atoms with van der Waals surface area (Å²) in [5.74, 6) is 2.06. The molecule has 0 unspecified atom stereocenters. The van der Waals surface area contributed by atoms with Gasteiger partial charge in [-0.05, 0) is 50.4 Å². The minimum absolute atomic E-state index is 0.00111. The zero-order valence-corrected chi connectivity index (χ0v) is 15.5. The van der Waals surface area contributed by atoms with Crippen LogP contribution in [0.2, 0.25) is 0 Å². The molecule has 7 nitrogen and oxygen atoms in total. The van der Waals surface area contributed by atoms with Gasteiger partial charge in [-0.1, -0.05) is 12.1 Å². The Labute approximate surface area is 158 Å². The number of benzene rings is 1. The Morgan fingerprint density at radius 2 is 2.26 bits per heavy atom. The summed E-state index contributed by atoms with van der Waals surface area (Å²) >= 11 is 0. The number of rotatable bonds is 5. The second-order valence-electron chi connectivity index (χ2n) is 7.61. The van der Waals surface area contributed by atoms with Crippen molar-refractivity contribution in [1.29, 1.82) is 5.26 Å². The Kier molecular flexibility index (Phi) is 4.90. The van der Waals surface area contributed by atoms with Crippen LogP contribution in [0.4, 0.5) is 0 Å². The lowest BCUT2D eigenvalue weighted by Crippen LogP contribution is -2.52. The molecule has 2 fully saturated rings. The van der Waals surface area contributed by atoms with Crippen LogP contribution in [0.5, 0.6) is 0 Å². The van der Waals surface area contributed by atoms with Crippen LogP contribution in [-0.4, -0.2) is 45.1 Å². The van der Waals surface area contributed by atoms with Gasteiger partial charge in [0, 0.05) is 24.9 Å². The third-order valence-electron chi connectivity index (χ3n) is 5.38. The Morgan fingerprint density at radius 1 is 1.41 bits per heavy atom. The summed E-state index contributed by atoms with van der Waals surface area (Å²) in [4.78, 5) is 19.2. The molecule has 2 N–H and O–H groups in total. The highest BCUT2D eigenvalue weighted by Crippen LogP contribution is 2.31. The van der Waals surface area contributed by atoms with Gasteiger partial charge in [-0.3, -0.25) is 14.8 Å². The third kappa shape index (κ3) is 4.17. The molecule has 0 radical (unpaired) electrons. The lowest BCUT2D eigenvalue weighted by Gasteiger charge is -2.38. The Balaban J connectivity index is 1.48. The van der Waals surface area contributed by atoms with Crippen molar-refractivity contribution in [3.63, 3.8) is 0 Å². The first kappa shape index (κ1) is 17.7. The van der Waals surface area contributed by atoms with Gasteiger partial charge in [-0.15, -0.1) is 0 Å². The number of aromatic amines is 1. The van der Waals surface area contributed by atoms with Crippen molar-refractivity contribution in [1.82, 2.24) is 25.4 Å². The van der Waals surface area contributed by atoms with Gasteiger partial charge in [0.15, 0.2) is 5.82 Å². The predicted molar refractivity (Wildman–Crippen MR) is 99.6 cm³/mol. The molecule has 140 valence electrons. The minimum atomic E-state index is 0.00111. The number of amides is 1. The number of nitriles is 1. The molecule has 2 aromatic rings. The number of carbonyl (C=O) groups excluding carboxylic acids is 1. The number of piperidine rings is 1. The normalized spacial score (nSPS) is 23.0. The van der Waals surface area contributed by atoms with E-state index >= 15 is 0 Å². The highest BCUT2D eigenvalue weighted by atomic mass is 16.2. The zero-order valence-electron chi connectivity index (χ0n) is 15.5. The summed E-state index contributed by atoms with van der Waals surface area (Å²) in [5, 5.41) is 19.6. The summed E-state index contributed by atoms with van der Waals surface area (Å²) in [6, 6.07) is 9.91. The second-order valence-corrected chi connectivity index (χ2v) is 7.61. The number of aryl methyl sites for hydroxylation is 1.